The molecule has 0 aromatic rings. The molecule has 1 saturated carbocycles. The largest absolute Gasteiger partial charge is 0.380 e. The number of rotatable bonds is 2. The molecule has 1 aliphatic heterocycles. The van der Waals surface area contributed by atoms with Gasteiger partial charge in [-0.05, 0) is 32.2 Å². The zero-order chi connectivity index (χ0) is 11.4. The van der Waals surface area contributed by atoms with Crippen LogP contribution in [0.1, 0.15) is 38.5 Å². The Morgan fingerprint density at radius 1 is 1.19 bits per heavy atom. The number of nitrogens with zero attached hydrogens (tertiary/aromatic N) is 2. The minimum atomic E-state index is 0.254. The molecule has 90 valence electrons. The SMILES string of the molecule is COC1CCCN(C2CCCCC2C#N)C1. The van der Waals surface area contributed by atoms with Crippen molar-refractivity contribution < 1.29 is 4.74 Å². The number of likely N-dealkylation sites (tertiary alicyclic amines) is 1. The number of piperidine rings is 1. The summed E-state index contributed by atoms with van der Waals surface area (Å²) in [4.78, 5) is 2.50. The van der Waals surface area contributed by atoms with Crippen LogP contribution in [0.3, 0.4) is 0 Å². The van der Waals surface area contributed by atoms with Gasteiger partial charge < -0.3 is 4.74 Å². The van der Waals surface area contributed by atoms with Gasteiger partial charge in [0.15, 0.2) is 0 Å². The fourth-order valence-electron chi connectivity index (χ4n) is 3.16. The monoisotopic (exact) mass is 222 g/mol. The van der Waals surface area contributed by atoms with Crippen molar-refractivity contribution in [2.45, 2.75) is 50.7 Å². The van der Waals surface area contributed by atoms with Crippen molar-refractivity contribution in [2.75, 3.05) is 20.2 Å². The van der Waals surface area contributed by atoms with Crippen molar-refractivity contribution in [3.8, 4) is 6.07 Å². The summed E-state index contributed by atoms with van der Waals surface area (Å²) in [6, 6.07) is 3.00. The molecule has 2 fully saturated rings. The van der Waals surface area contributed by atoms with Gasteiger partial charge in [0.2, 0.25) is 0 Å². The molecule has 1 heterocycles. The molecule has 0 spiro atoms. The lowest BCUT2D eigenvalue weighted by Crippen LogP contribution is -2.49. The molecule has 16 heavy (non-hydrogen) atoms. The summed E-state index contributed by atoms with van der Waals surface area (Å²) in [5, 5.41) is 9.21. The summed E-state index contributed by atoms with van der Waals surface area (Å²) < 4.78 is 5.46. The Kier molecular flexibility index (Phi) is 4.20. The highest BCUT2D eigenvalue weighted by Gasteiger charge is 2.32. The van der Waals surface area contributed by atoms with Crippen LogP contribution in [-0.4, -0.2) is 37.2 Å². The van der Waals surface area contributed by atoms with Gasteiger partial charge in [-0.15, -0.1) is 0 Å². The summed E-state index contributed by atoms with van der Waals surface area (Å²) in [5.41, 5.74) is 0. The third kappa shape index (κ3) is 2.56. The number of nitriles is 1. The maximum absolute atomic E-state index is 9.21. The van der Waals surface area contributed by atoms with Gasteiger partial charge in [-0.25, -0.2) is 0 Å². The minimum Gasteiger partial charge on any atom is -0.380 e. The third-order valence-electron chi connectivity index (χ3n) is 4.11. The molecular formula is C13H22N2O. The molecule has 1 saturated heterocycles. The van der Waals surface area contributed by atoms with Crippen LogP contribution in [0.2, 0.25) is 0 Å². The smallest absolute Gasteiger partial charge is 0.0698 e. The first-order chi connectivity index (χ1) is 7.85. The van der Waals surface area contributed by atoms with E-state index < -0.39 is 0 Å². The molecular weight excluding hydrogens is 200 g/mol. The molecule has 3 atom stereocenters. The van der Waals surface area contributed by atoms with Crippen LogP contribution in [0.5, 0.6) is 0 Å². The summed E-state index contributed by atoms with van der Waals surface area (Å²) in [6.45, 7) is 2.18. The predicted octanol–water partition coefficient (Wildman–Crippen LogP) is 2.18. The fraction of sp³-hybridized carbons (Fsp3) is 0.923. The van der Waals surface area contributed by atoms with Crippen molar-refractivity contribution in [2.24, 2.45) is 5.92 Å². The van der Waals surface area contributed by atoms with Gasteiger partial charge >= 0.3 is 0 Å². The van der Waals surface area contributed by atoms with E-state index in [1.807, 2.05) is 0 Å². The van der Waals surface area contributed by atoms with E-state index in [0.717, 1.165) is 19.5 Å². The lowest BCUT2D eigenvalue weighted by atomic mass is 9.83. The fourth-order valence-corrected chi connectivity index (χ4v) is 3.16. The van der Waals surface area contributed by atoms with Crippen LogP contribution in [0.4, 0.5) is 0 Å². The Bertz CT molecular complexity index is 261. The highest BCUT2D eigenvalue weighted by atomic mass is 16.5. The predicted molar refractivity (Wildman–Crippen MR) is 63.0 cm³/mol. The maximum Gasteiger partial charge on any atom is 0.0698 e. The van der Waals surface area contributed by atoms with E-state index in [9.17, 15) is 5.26 Å². The highest BCUT2D eigenvalue weighted by Crippen LogP contribution is 2.30. The molecule has 1 aliphatic carbocycles. The Balaban J connectivity index is 1.96. The van der Waals surface area contributed by atoms with Crippen LogP contribution in [0, 0.1) is 17.2 Å². The van der Waals surface area contributed by atoms with Crippen LogP contribution in [0.15, 0.2) is 0 Å². The van der Waals surface area contributed by atoms with E-state index in [1.54, 1.807) is 7.11 Å². The summed E-state index contributed by atoms with van der Waals surface area (Å²) in [6.07, 6.45) is 7.59. The van der Waals surface area contributed by atoms with Gasteiger partial charge in [0.1, 0.15) is 0 Å². The third-order valence-corrected chi connectivity index (χ3v) is 4.11. The van der Waals surface area contributed by atoms with Crippen LogP contribution in [0.25, 0.3) is 0 Å². The van der Waals surface area contributed by atoms with Crippen molar-refractivity contribution in [3.63, 3.8) is 0 Å². The lowest BCUT2D eigenvalue weighted by molar-refractivity contribution is 0.000351. The van der Waals surface area contributed by atoms with E-state index in [2.05, 4.69) is 11.0 Å². The van der Waals surface area contributed by atoms with Gasteiger partial charge in [0.05, 0.1) is 18.1 Å². The summed E-state index contributed by atoms with van der Waals surface area (Å²) in [5.74, 6) is 0.254. The first kappa shape index (κ1) is 11.9. The standard InChI is InChI=1S/C13H22N2O/c1-16-12-6-4-8-15(10-12)13-7-3-2-5-11(13)9-14/h11-13H,2-8,10H2,1H3. The number of hydrogen-bond donors (Lipinski definition) is 0. The van der Waals surface area contributed by atoms with Crippen LogP contribution in [-0.2, 0) is 4.74 Å². The highest BCUT2D eigenvalue weighted by molar-refractivity contribution is 4.96. The first-order valence-electron chi connectivity index (χ1n) is 6.51. The van der Waals surface area contributed by atoms with E-state index in [4.69, 9.17) is 4.74 Å². The zero-order valence-corrected chi connectivity index (χ0v) is 10.2. The van der Waals surface area contributed by atoms with E-state index in [1.165, 1.54) is 32.1 Å². The topological polar surface area (TPSA) is 36.3 Å². The van der Waals surface area contributed by atoms with Gasteiger partial charge in [-0.3, -0.25) is 4.90 Å². The molecule has 2 aliphatic rings. The number of hydrogen-bond acceptors (Lipinski definition) is 3. The number of ether oxygens (including phenoxy) is 1. The Morgan fingerprint density at radius 3 is 2.75 bits per heavy atom. The zero-order valence-electron chi connectivity index (χ0n) is 10.2. The molecule has 3 heteroatoms. The lowest BCUT2D eigenvalue weighted by Gasteiger charge is -2.41. The molecule has 0 amide bonds. The van der Waals surface area contributed by atoms with Gasteiger partial charge in [0.25, 0.3) is 0 Å². The second-order valence-corrected chi connectivity index (χ2v) is 5.08. The molecule has 2 rings (SSSR count). The van der Waals surface area contributed by atoms with Gasteiger partial charge in [-0.2, -0.15) is 5.26 Å². The normalized spacial score (nSPS) is 36.9. The Morgan fingerprint density at radius 2 is 2.00 bits per heavy atom. The van der Waals surface area contributed by atoms with Gasteiger partial charge in [-0.1, -0.05) is 12.8 Å². The van der Waals surface area contributed by atoms with Crippen molar-refractivity contribution in [1.29, 1.82) is 5.26 Å². The van der Waals surface area contributed by atoms with E-state index in [-0.39, 0.29) is 5.92 Å². The number of methoxy groups -OCH3 is 1. The second-order valence-electron chi connectivity index (χ2n) is 5.08. The summed E-state index contributed by atoms with van der Waals surface area (Å²) in [7, 11) is 1.80. The maximum atomic E-state index is 9.21. The molecule has 0 radical (unpaired) electrons. The molecule has 0 aromatic heterocycles. The molecule has 3 nitrogen and oxygen atoms in total. The van der Waals surface area contributed by atoms with Gasteiger partial charge in [0, 0.05) is 19.7 Å². The molecule has 0 bridgehead atoms. The summed E-state index contributed by atoms with van der Waals surface area (Å²) >= 11 is 0. The van der Waals surface area contributed by atoms with E-state index in [0.29, 0.717) is 12.1 Å². The Hall–Kier alpha value is -0.590. The van der Waals surface area contributed by atoms with Crippen LogP contribution < -0.4 is 0 Å². The minimum absolute atomic E-state index is 0.254. The average molecular weight is 222 g/mol. The van der Waals surface area contributed by atoms with Crippen molar-refractivity contribution in [3.05, 3.63) is 0 Å². The molecule has 0 aromatic carbocycles. The van der Waals surface area contributed by atoms with Crippen molar-refractivity contribution in [1.82, 2.24) is 4.90 Å². The second kappa shape index (κ2) is 5.65. The molecule has 0 N–H and O–H groups in total. The molecule has 3 unspecified atom stereocenters. The van der Waals surface area contributed by atoms with Crippen LogP contribution >= 0.6 is 0 Å². The quantitative estimate of drug-likeness (QED) is 0.718. The Labute approximate surface area is 98.4 Å². The average Bonchev–Trinajstić information content (AvgIpc) is 2.38. The van der Waals surface area contributed by atoms with Crippen molar-refractivity contribution >= 4 is 0 Å². The van der Waals surface area contributed by atoms with E-state index >= 15 is 0 Å². The first-order valence-corrected chi connectivity index (χ1v) is 6.51.